The van der Waals surface area contributed by atoms with Crippen LogP contribution in [0.3, 0.4) is 0 Å². The number of carbonyl (C=O) groups excluding carboxylic acids is 1. The maximum Gasteiger partial charge on any atom is 0.251 e. The van der Waals surface area contributed by atoms with Crippen LogP contribution in [0.1, 0.15) is 15.9 Å². The van der Waals surface area contributed by atoms with Gasteiger partial charge in [-0.1, -0.05) is 35.9 Å². The standard InChI is InChI=1S/C26H19ClN4O3S/c27-22-2-1-3-23(13-22)31-17-25(16-30-31)35(33,34)24-8-4-18(5-9-24)14-29-26(32)20-7-6-19-10-11-28-15-21(19)12-20/h1-13,15-17H,14H2,(H,29,32). The zero-order valence-corrected chi connectivity index (χ0v) is 19.9. The van der Waals surface area contributed by atoms with Crippen LogP contribution in [-0.4, -0.2) is 29.1 Å². The first-order chi connectivity index (χ1) is 16.9. The van der Waals surface area contributed by atoms with E-state index in [0.29, 0.717) is 16.3 Å². The lowest BCUT2D eigenvalue weighted by Crippen LogP contribution is -2.22. The summed E-state index contributed by atoms with van der Waals surface area (Å²) < 4.78 is 27.6. The molecule has 0 radical (unpaired) electrons. The van der Waals surface area contributed by atoms with E-state index >= 15 is 0 Å². The van der Waals surface area contributed by atoms with Gasteiger partial charge in [0, 0.05) is 41.1 Å². The van der Waals surface area contributed by atoms with Gasteiger partial charge in [0.25, 0.3) is 5.91 Å². The van der Waals surface area contributed by atoms with E-state index in [1.807, 2.05) is 12.1 Å². The zero-order chi connectivity index (χ0) is 24.4. The van der Waals surface area contributed by atoms with E-state index in [9.17, 15) is 13.2 Å². The van der Waals surface area contributed by atoms with Gasteiger partial charge in [-0.05, 0) is 59.5 Å². The molecule has 5 rings (SSSR count). The Morgan fingerprint density at radius 1 is 0.914 bits per heavy atom. The summed E-state index contributed by atoms with van der Waals surface area (Å²) >= 11 is 6.02. The molecule has 0 spiro atoms. The Morgan fingerprint density at radius 3 is 2.54 bits per heavy atom. The van der Waals surface area contributed by atoms with Gasteiger partial charge >= 0.3 is 0 Å². The molecule has 0 fully saturated rings. The van der Waals surface area contributed by atoms with E-state index in [-0.39, 0.29) is 22.2 Å². The van der Waals surface area contributed by atoms with Crippen LogP contribution in [0.2, 0.25) is 5.02 Å². The fourth-order valence-corrected chi connectivity index (χ4v) is 5.01. The Balaban J connectivity index is 1.28. The normalized spacial score (nSPS) is 11.5. The molecule has 2 aromatic heterocycles. The number of pyridine rings is 1. The second-order valence-corrected chi connectivity index (χ2v) is 10.3. The lowest BCUT2D eigenvalue weighted by atomic mass is 10.1. The number of rotatable bonds is 6. The fourth-order valence-electron chi connectivity index (χ4n) is 3.64. The molecule has 1 N–H and O–H groups in total. The Morgan fingerprint density at radius 2 is 1.74 bits per heavy atom. The quantitative estimate of drug-likeness (QED) is 0.358. The van der Waals surface area contributed by atoms with Crippen LogP contribution in [0, 0.1) is 0 Å². The number of hydrogen-bond donors (Lipinski definition) is 1. The molecular weight excluding hydrogens is 484 g/mol. The molecule has 0 saturated carbocycles. The number of benzene rings is 3. The first kappa shape index (κ1) is 22.8. The van der Waals surface area contributed by atoms with E-state index in [1.165, 1.54) is 29.2 Å². The highest BCUT2D eigenvalue weighted by molar-refractivity contribution is 7.91. The van der Waals surface area contributed by atoms with Gasteiger partial charge in [-0.2, -0.15) is 5.10 Å². The number of hydrogen-bond acceptors (Lipinski definition) is 5. The maximum absolute atomic E-state index is 13.1. The summed E-state index contributed by atoms with van der Waals surface area (Å²) in [5.41, 5.74) is 1.96. The maximum atomic E-state index is 13.1. The predicted molar refractivity (Wildman–Crippen MR) is 133 cm³/mol. The number of nitrogens with one attached hydrogen (secondary N) is 1. The largest absolute Gasteiger partial charge is 0.348 e. The van der Waals surface area contributed by atoms with Gasteiger partial charge in [-0.15, -0.1) is 0 Å². The monoisotopic (exact) mass is 502 g/mol. The van der Waals surface area contributed by atoms with Crippen LogP contribution in [0.4, 0.5) is 0 Å². The van der Waals surface area contributed by atoms with Crippen LogP contribution in [-0.2, 0) is 16.4 Å². The van der Waals surface area contributed by atoms with Gasteiger partial charge in [0.2, 0.25) is 9.84 Å². The molecule has 7 nitrogen and oxygen atoms in total. The summed E-state index contributed by atoms with van der Waals surface area (Å²) in [6.45, 7) is 0.261. The highest BCUT2D eigenvalue weighted by Crippen LogP contribution is 2.23. The van der Waals surface area contributed by atoms with Gasteiger partial charge in [0.15, 0.2) is 0 Å². The van der Waals surface area contributed by atoms with Gasteiger partial charge in [0.05, 0.1) is 16.8 Å². The molecule has 174 valence electrons. The third kappa shape index (κ3) is 4.80. The van der Waals surface area contributed by atoms with Gasteiger partial charge < -0.3 is 5.32 Å². The minimum Gasteiger partial charge on any atom is -0.348 e. The molecule has 0 saturated heterocycles. The van der Waals surface area contributed by atoms with Crippen LogP contribution in [0.15, 0.2) is 107 Å². The minimum absolute atomic E-state index is 0.0734. The molecule has 0 aliphatic heterocycles. The molecule has 5 aromatic rings. The van der Waals surface area contributed by atoms with Crippen molar-refractivity contribution >= 4 is 38.1 Å². The fraction of sp³-hybridized carbons (Fsp3) is 0.0385. The number of sulfone groups is 1. The molecule has 0 unspecified atom stereocenters. The molecule has 1 amide bonds. The van der Waals surface area contributed by atoms with Crippen molar-refractivity contribution in [2.45, 2.75) is 16.3 Å². The van der Waals surface area contributed by atoms with Crippen molar-refractivity contribution in [3.05, 3.63) is 114 Å². The Labute approximate surface area is 206 Å². The number of carbonyl (C=O) groups is 1. The molecule has 35 heavy (non-hydrogen) atoms. The average molecular weight is 503 g/mol. The molecule has 0 bridgehead atoms. The highest BCUT2D eigenvalue weighted by atomic mass is 35.5. The number of amides is 1. The number of halogens is 1. The third-order valence-electron chi connectivity index (χ3n) is 5.53. The van der Waals surface area contributed by atoms with Crippen molar-refractivity contribution in [1.82, 2.24) is 20.1 Å². The highest BCUT2D eigenvalue weighted by Gasteiger charge is 2.20. The molecule has 0 aliphatic rings. The van der Waals surface area contributed by atoms with E-state index < -0.39 is 9.84 Å². The molecular formula is C26H19ClN4O3S. The number of fused-ring (bicyclic) bond motifs is 1. The minimum atomic E-state index is -3.76. The Hall–Kier alpha value is -4.01. The van der Waals surface area contributed by atoms with Gasteiger partial charge in [-0.25, -0.2) is 13.1 Å². The first-order valence-corrected chi connectivity index (χ1v) is 12.5. The third-order valence-corrected chi connectivity index (χ3v) is 7.49. The van der Waals surface area contributed by atoms with E-state index in [0.717, 1.165) is 16.3 Å². The molecule has 0 aliphatic carbocycles. The Bertz CT molecular complexity index is 1650. The molecule has 0 atom stereocenters. The molecule has 3 aromatic carbocycles. The van der Waals surface area contributed by atoms with E-state index in [4.69, 9.17) is 11.6 Å². The smallest absolute Gasteiger partial charge is 0.251 e. The lowest BCUT2D eigenvalue weighted by Gasteiger charge is -2.08. The van der Waals surface area contributed by atoms with Crippen molar-refractivity contribution in [2.24, 2.45) is 0 Å². The van der Waals surface area contributed by atoms with Crippen molar-refractivity contribution < 1.29 is 13.2 Å². The van der Waals surface area contributed by atoms with Crippen LogP contribution in [0.5, 0.6) is 0 Å². The Kier molecular flexibility index (Phi) is 6.07. The van der Waals surface area contributed by atoms with Crippen LogP contribution < -0.4 is 5.32 Å². The van der Waals surface area contributed by atoms with Crippen molar-refractivity contribution in [2.75, 3.05) is 0 Å². The second kappa shape index (κ2) is 9.32. The summed E-state index contributed by atoms with van der Waals surface area (Å²) in [5, 5.41) is 9.44. The van der Waals surface area contributed by atoms with Crippen LogP contribution >= 0.6 is 11.6 Å². The summed E-state index contributed by atoms with van der Waals surface area (Å²) in [6, 6.07) is 20.7. The first-order valence-electron chi connectivity index (χ1n) is 10.7. The van der Waals surface area contributed by atoms with Crippen molar-refractivity contribution in [3.63, 3.8) is 0 Å². The van der Waals surface area contributed by atoms with Crippen molar-refractivity contribution in [1.29, 1.82) is 0 Å². The lowest BCUT2D eigenvalue weighted by molar-refractivity contribution is 0.0951. The van der Waals surface area contributed by atoms with Crippen molar-refractivity contribution in [3.8, 4) is 5.69 Å². The van der Waals surface area contributed by atoms with Gasteiger partial charge in [0.1, 0.15) is 4.90 Å². The summed E-state index contributed by atoms with van der Waals surface area (Å²) in [5.74, 6) is -0.221. The molecule has 9 heteroatoms. The van der Waals surface area contributed by atoms with E-state index in [1.54, 1.807) is 60.9 Å². The summed E-state index contributed by atoms with van der Waals surface area (Å²) in [6.07, 6.45) is 6.18. The SMILES string of the molecule is O=C(NCc1ccc(S(=O)(=O)c2cnn(-c3cccc(Cl)c3)c2)cc1)c1ccc2ccncc2c1. The second-order valence-electron chi connectivity index (χ2n) is 7.87. The molecule has 2 heterocycles. The zero-order valence-electron chi connectivity index (χ0n) is 18.3. The van der Waals surface area contributed by atoms with Gasteiger partial charge in [-0.3, -0.25) is 9.78 Å². The number of nitrogens with zero attached hydrogens (tertiary/aromatic N) is 3. The number of aromatic nitrogens is 3. The summed E-state index contributed by atoms with van der Waals surface area (Å²) in [7, 11) is -3.76. The summed E-state index contributed by atoms with van der Waals surface area (Å²) in [4.78, 5) is 16.9. The van der Waals surface area contributed by atoms with Crippen LogP contribution in [0.25, 0.3) is 16.5 Å². The average Bonchev–Trinajstić information content (AvgIpc) is 3.39. The predicted octanol–water partition coefficient (Wildman–Crippen LogP) is 4.84. The van der Waals surface area contributed by atoms with E-state index in [2.05, 4.69) is 15.4 Å². The topological polar surface area (TPSA) is 94.0 Å².